The second-order valence-corrected chi connectivity index (χ2v) is 8.96. The molecule has 2 aromatic rings. The summed E-state index contributed by atoms with van der Waals surface area (Å²) >= 11 is 0. The number of piperazine rings is 1. The van der Waals surface area contributed by atoms with Crippen molar-refractivity contribution in [3.8, 4) is 12.1 Å². The van der Waals surface area contributed by atoms with E-state index in [4.69, 9.17) is 26.5 Å². The third-order valence-electron chi connectivity index (χ3n) is 6.52. The number of rotatable bonds is 5. The molecule has 1 aliphatic heterocycles. The highest BCUT2D eigenvalue weighted by atomic mass is 19.1. The van der Waals surface area contributed by atoms with E-state index in [9.17, 15) is 18.8 Å². The first-order valence-corrected chi connectivity index (χ1v) is 11.8. The van der Waals surface area contributed by atoms with Crippen LogP contribution in [-0.2, 0) is 20.9 Å². The van der Waals surface area contributed by atoms with Crippen molar-refractivity contribution in [2.75, 3.05) is 31.1 Å². The van der Waals surface area contributed by atoms with Crippen molar-refractivity contribution in [3.63, 3.8) is 0 Å². The summed E-state index contributed by atoms with van der Waals surface area (Å²) in [5, 5.41) is 39.3. The highest BCUT2D eigenvalue weighted by Gasteiger charge is 2.44. The highest BCUT2D eigenvalue weighted by Crippen LogP contribution is 2.31. The Hall–Kier alpha value is -5.01. The molecule has 2 atom stereocenters. The summed E-state index contributed by atoms with van der Waals surface area (Å²) in [5.74, 6) is -3.81. The molecule has 202 valence electrons. The van der Waals surface area contributed by atoms with E-state index in [1.54, 1.807) is 29.3 Å². The molecule has 1 aromatic carbocycles. The smallest absolute Gasteiger partial charge is 0.331 e. The minimum absolute atomic E-state index is 0.0173. The minimum Gasteiger partial charge on any atom is -0.480 e. The van der Waals surface area contributed by atoms with E-state index in [1.165, 1.54) is 29.9 Å². The highest BCUT2D eigenvalue weighted by molar-refractivity contribution is 5.93. The number of benzene rings is 1. The number of carboxylic acids is 2. The van der Waals surface area contributed by atoms with Gasteiger partial charge in [-0.05, 0) is 36.4 Å². The number of hydrogen-bond donors (Lipinski definition) is 3. The Balaban J connectivity index is 0.000000231. The predicted molar refractivity (Wildman–Crippen MR) is 135 cm³/mol. The van der Waals surface area contributed by atoms with E-state index >= 15 is 0 Å². The Bertz CT molecular complexity index is 1390. The van der Waals surface area contributed by atoms with Crippen LogP contribution in [-0.4, -0.2) is 74.5 Å². The standard InChI is InChI=1S/C16H16FN5O.C10H10N2O4/c17-14-1-3-15(4-2-14)20-5-7-21(8-6-20)16(23)12-22-11-13(9-18)10-19-22;1-5-7(8(13)14)2-6(4-11)3-10(5,12)9(15)16/h1-4,10-11H,5-8,12H2;2-3,5H,12H2,1H3,(H,13,14)(H,15,16). The monoisotopic (exact) mass is 535 g/mol. The van der Waals surface area contributed by atoms with E-state index in [0.717, 1.165) is 17.8 Å². The topological polar surface area (TPSA) is 190 Å². The Kier molecular flexibility index (Phi) is 8.80. The fourth-order valence-electron chi connectivity index (χ4n) is 4.14. The Labute approximate surface area is 223 Å². The summed E-state index contributed by atoms with van der Waals surface area (Å²) in [4.78, 5) is 38.1. The summed E-state index contributed by atoms with van der Waals surface area (Å²) in [6.45, 7) is 4.18. The molecule has 1 saturated heterocycles. The molecule has 0 spiro atoms. The van der Waals surface area contributed by atoms with Crippen molar-refractivity contribution in [3.05, 3.63) is 71.3 Å². The zero-order valence-electron chi connectivity index (χ0n) is 21.0. The van der Waals surface area contributed by atoms with Crippen LogP contribution in [0, 0.1) is 34.4 Å². The van der Waals surface area contributed by atoms with E-state index in [0.29, 0.717) is 31.7 Å². The average Bonchev–Trinajstić information content (AvgIpc) is 3.38. The first-order valence-electron chi connectivity index (χ1n) is 11.8. The number of amides is 1. The number of hydrogen-bond acceptors (Lipinski definition) is 8. The van der Waals surface area contributed by atoms with Crippen molar-refractivity contribution in [2.24, 2.45) is 11.7 Å². The van der Waals surface area contributed by atoms with Crippen LogP contribution in [0.3, 0.4) is 0 Å². The van der Waals surface area contributed by atoms with Crippen LogP contribution in [0.25, 0.3) is 0 Å². The van der Waals surface area contributed by atoms with Crippen molar-refractivity contribution in [1.82, 2.24) is 14.7 Å². The molecule has 2 aliphatic rings. The van der Waals surface area contributed by atoms with Crippen LogP contribution in [0.1, 0.15) is 12.5 Å². The Morgan fingerprint density at radius 2 is 1.77 bits per heavy atom. The van der Waals surface area contributed by atoms with Gasteiger partial charge in [-0.25, -0.2) is 14.0 Å². The van der Waals surface area contributed by atoms with Crippen LogP contribution >= 0.6 is 0 Å². The molecule has 0 bridgehead atoms. The number of carbonyl (C=O) groups is 3. The van der Waals surface area contributed by atoms with Gasteiger partial charge in [0.05, 0.1) is 23.4 Å². The predicted octanol–water partition coefficient (Wildman–Crippen LogP) is 1.12. The van der Waals surface area contributed by atoms with Crippen molar-refractivity contribution in [1.29, 1.82) is 10.5 Å². The molecule has 4 rings (SSSR count). The lowest BCUT2D eigenvalue weighted by atomic mass is 9.75. The fourth-order valence-corrected chi connectivity index (χ4v) is 4.14. The first-order chi connectivity index (χ1) is 18.5. The molecule has 12 nitrogen and oxygen atoms in total. The summed E-state index contributed by atoms with van der Waals surface area (Å²) in [7, 11) is 0. The van der Waals surface area contributed by atoms with Gasteiger partial charge in [0.1, 0.15) is 24.0 Å². The van der Waals surface area contributed by atoms with Gasteiger partial charge in [0.25, 0.3) is 0 Å². The van der Waals surface area contributed by atoms with Crippen LogP contribution in [0.5, 0.6) is 0 Å². The zero-order chi connectivity index (χ0) is 28.7. The molecule has 1 aromatic heterocycles. The lowest BCUT2D eigenvalue weighted by Crippen LogP contribution is -2.54. The molecule has 0 saturated carbocycles. The number of anilines is 1. The largest absolute Gasteiger partial charge is 0.480 e. The number of halogens is 1. The maximum atomic E-state index is 13.0. The summed E-state index contributed by atoms with van der Waals surface area (Å²) in [6.07, 6.45) is 5.22. The molecule has 1 fully saturated rings. The minimum atomic E-state index is -1.85. The first kappa shape index (κ1) is 28.6. The van der Waals surface area contributed by atoms with Crippen molar-refractivity contribution < 1.29 is 29.0 Å². The molecule has 39 heavy (non-hydrogen) atoms. The molecule has 2 unspecified atom stereocenters. The van der Waals surface area contributed by atoms with Gasteiger partial charge >= 0.3 is 11.9 Å². The lowest BCUT2D eigenvalue weighted by Gasteiger charge is -2.36. The Morgan fingerprint density at radius 3 is 2.28 bits per heavy atom. The van der Waals surface area contributed by atoms with Gasteiger partial charge in [0, 0.05) is 49.6 Å². The summed E-state index contributed by atoms with van der Waals surface area (Å²) < 4.78 is 14.4. The zero-order valence-corrected chi connectivity index (χ0v) is 21.0. The molecular formula is C26H26FN7O5. The molecule has 2 heterocycles. The number of carbonyl (C=O) groups excluding carboxylic acids is 1. The number of nitrogens with two attached hydrogens (primary N) is 1. The number of allylic oxidation sites excluding steroid dienone is 2. The second kappa shape index (κ2) is 12.0. The van der Waals surface area contributed by atoms with Crippen LogP contribution < -0.4 is 10.6 Å². The van der Waals surface area contributed by atoms with E-state index in [2.05, 4.69) is 10.00 Å². The van der Waals surface area contributed by atoms with E-state index in [1.807, 2.05) is 6.07 Å². The number of nitriles is 2. The summed E-state index contributed by atoms with van der Waals surface area (Å²) in [6, 6.07) is 10.1. The van der Waals surface area contributed by atoms with Gasteiger partial charge in [-0.3, -0.25) is 9.48 Å². The molecule has 4 N–H and O–H groups in total. The van der Waals surface area contributed by atoms with Gasteiger partial charge in [-0.1, -0.05) is 6.92 Å². The van der Waals surface area contributed by atoms with Gasteiger partial charge < -0.3 is 25.7 Å². The third-order valence-corrected chi connectivity index (χ3v) is 6.52. The number of nitrogens with zero attached hydrogens (tertiary/aromatic N) is 6. The van der Waals surface area contributed by atoms with Crippen LogP contribution in [0.2, 0.25) is 0 Å². The van der Waals surface area contributed by atoms with E-state index < -0.39 is 23.4 Å². The number of aliphatic carboxylic acids is 2. The number of aromatic nitrogens is 2. The molecular weight excluding hydrogens is 509 g/mol. The fraction of sp³-hybridized carbons (Fsp3) is 0.308. The molecule has 0 radical (unpaired) electrons. The van der Waals surface area contributed by atoms with Gasteiger partial charge in [-0.2, -0.15) is 15.6 Å². The number of carboxylic acid groups (broad SMARTS) is 2. The Morgan fingerprint density at radius 1 is 1.13 bits per heavy atom. The lowest BCUT2D eigenvalue weighted by molar-refractivity contribution is -0.143. The van der Waals surface area contributed by atoms with E-state index in [-0.39, 0.29) is 29.4 Å². The van der Waals surface area contributed by atoms with Crippen LogP contribution in [0.15, 0.2) is 60.0 Å². The van der Waals surface area contributed by atoms with Gasteiger partial charge in [-0.15, -0.1) is 0 Å². The maximum absolute atomic E-state index is 13.0. The second-order valence-electron chi connectivity index (χ2n) is 8.96. The SMILES string of the molecule is CC1C(C(=O)O)=CC(C#N)=CC1(N)C(=O)O.N#Cc1cnn(CC(=O)N2CCN(c3ccc(F)cc3)CC2)c1. The summed E-state index contributed by atoms with van der Waals surface area (Å²) in [5.41, 5.74) is 4.93. The van der Waals surface area contributed by atoms with Crippen molar-refractivity contribution in [2.45, 2.75) is 19.0 Å². The van der Waals surface area contributed by atoms with Crippen molar-refractivity contribution >= 4 is 23.5 Å². The molecule has 1 amide bonds. The maximum Gasteiger partial charge on any atom is 0.331 e. The third kappa shape index (κ3) is 6.66. The van der Waals surface area contributed by atoms with Crippen LogP contribution in [0.4, 0.5) is 10.1 Å². The van der Waals surface area contributed by atoms with Gasteiger partial charge in [0.15, 0.2) is 0 Å². The average molecular weight is 536 g/mol. The normalized spacial score (nSPS) is 20.4. The molecule has 1 aliphatic carbocycles. The molecule has 13 heteroatoms. The van der Waals surface area contributed by atoms with Gasteiger partial charge in [0.2, 0.25) is 5.91 Å². The quantitative estimate of drug-likeness (QED) is 0.500.